The molecule has 266 valence electrons. The highest BCUT2D eigenvalue weighted by Gasteiger charge is 2.37. The van der Waals surface area contributed by atoms with Crippen LogP contribution in [0, 0.1) is 25.2 Å². The van der Waals surface area contributed by atoms with E-state index < -0.39 is 40.1 Å². The monoisotopic (exact) mass is 746 g/mol. The summed E-state index contributed by atoms with van der Waals surface area (Å²) in [4.78, 5) is 39.8. The Kier molecular flexibility index (Phi) is 9.69. The summed E-state index contributed by atoms with van der Waals surface area (Å²) < 4.78 is 56.6. The number of halogens is 4. The second kappa shape index (κ2) is 13.9. The molecule has 0 spiro atoms. The van der Waals surface area contributed by atoms with Gasteiger partial charge in [-0.05, 0) is 77.1 Å². The minimum atomic E-state index is -4.86. The van der Waals surface area contributed by atoms with Gasteiger partial charge in [0.15, 0.2) is 0 Å². The first-order chi connectivity index (χ1) is 24.6. The first-order valence-corrected chi connectivity index (χ1v) is 17.1. The van der Waals surface area contributed by atoms with Crippen LogP contribution in [0.5, 0.6) is 5.75 Å². The van der Waals surface area contributed by atoms with E-state index in [0.29, 0.717) is 43.4 Å². The summed E-state index contributed by atoms with van der Waals surface area (Å²) in [5.41, 5.74) is -0.921. The largest absolute Gasteiger partial charge is 0.491 e. The fourth-order valence-electron chi connectivity index (χ4n) is 5.70. The van der Waals surface area contributed by atoms with Crippen molar-refractivity contribution in [2.75, 3.05) is 11.9 Å². The predicted octanol–water partition coefficient (Wildman–Crippen LogP) is 9.01. The van der Waals surface area contributed by atoms with Gasteiger partial charge in [0.05, 0.1) is 61.9 Å². The molecule has 0 saturated heterocycles. The highest BCUT2D eigenvalue weighted by Crippen LogP contribution is 2.42. The molecule has 10 nitrogen and oxygen atoms in total. The van der Waals surface area contributed by atoms with Crippen molar-refractivity contribution in [1.82, 2.24) is 19.5 Å². The Labute approximate surface area is 304 Å². The maximum absolute atomic E-state index is 14.3. The van der Waals surface area contributed by atoms with Crippen molar-refractivity contribution in [3.8, 4) is 22.9 Å². The van der Waals surface area contributed by atoms with Crippen LogP contribution in [0.3, 0.4) is 0 Å². The van der Waals surface area contributed by atoms with Gasteiger partial charge in [0.25, 0.3) is 5.56 Å². The lowest BCUT2D eigenvalue weighted by molar-refractivity contribution is -0.136. The number of anilines is 2. The van der Waals surface area contributed by atoms with Crippen LogP contribution >= 0.6 is 22.9 Å². The summed E-state index contributed by atoms with van der Waals surface area (Å²) in [7, 11) is 0. The molecule has 4 aromatic heterocycles. The number of nitrogens with one attached hydrogen (secondary N) is 1. The van der Waals surface area contributed by atoms with Crippen LogP contribution in [0.4, 0.5) is 24.5 Å². The molecule has 0 fully saturated rings. The van der Waals surface area contributed by atoms with E-state index in [4.69, 9.17) is 21.1 Å². The van der Waals surface area contributed by atoms with Crippen molar-refractivity contribution < 1.29 is 27.4 Å². The van der Waals surface area contributed by atoms with E-state index in [9.17, 15) is 28.0 Å². The maximum Gasteiger partial charge on any atom is 0.418 e. The van der Waals surface area contributed by atoms with E-state index in [1.807, 2.05) is 6.07 Å². The first kappa shape index (κ1) is 36.3. The van der Waals surface area contributed by atoms with Crippen LogP contribution in [0.2, 0.25) is 5.02 Å². The Morgan fingerprint density at radius 3 is 2.54 bits per heavy atom. The van der Waals surface area contributed by atoms with Gasteiger partial charge in [-0.1, -0.05) is 11.6 Å². The minimum absolute atomic E-state index is 0.0560. The summed E-state index contributed by atoms with van der Waals surface area (Å²) >= 11 is 7.77. The molecule has 0 radical (unpaired) electrons. The number of carbonyl (C=O) groups excluding carboxylic acids is 1. The van der Waals surface area contributed by atoms with Gasteiger partial charge in [-0.2, -0.15) is 18.4 Å². The predicted molar refractivity (Wildman–Crippen MR) is 193 cm³/mol. The van der Waals surface area contributed by atoms with Gasteiger partial charge in [-0.15, -0.1) is 11.3 Å². The average molecular weight is 747 g/mol. The summed E-state index contributed by atoms with van der Waals surface area (Å²) in [6.07, 6.45) is -2.11. The van der Waals surface area contributed by atoms with E-state index in [1.165, 1.54) is 47.4 Å². The molecular formula is C37H30ClF3N6O4S. The Morgan fingerprint density at radius 2 is 1.87 bits per heavy atom. The summed E-state index contributed by atoms with van der Waals surface area (Å²) in [5, 5.41) is 14.6. The lowest BCUT2D eigenvalue weighted by Crippen LogP contribution is -2.28. The molecule has 1 N–H and O–H groups in total. The number of hydrogen-bond acceptors (Lipinski definition) is 10. The molecule has 0 aliphatic rings. The molecule has 0 amide bonds. The van der Waals surface area contributed by atoms with Crippen molar-refractivity contribution in [2.45, 2.75) is 52.9 Å². The van der Waals surface area contributed by atoms with E-state index in [2.05, 4.69) is 20.3 Å². The number of fused-ring (bicyclic) bond motifs is 2. The summed E-state index contributed by atoms with van der Waals surface area (Å²) in [5.74, 6) is 0.0462. The fraction of sp³-hybridized carbons (Fsp3) is 0.243. The molecule has 4 heterocycles. The topological polar surface area (TPSA) is 132 Å². The van der Waals surface area contributed by atoms with Crippen LogP contribution in [0.1, 0.15) is 53.8 Å². The van der Waals surface area contributed by atoms with E-state index in [1.54, 1.807) is 57.3 Å². The molecular weight excluding hydrogens is 717 g/mol. The van der Waals surface area contributed by atoms with Gasteiger partial charge in [-0.3, -0.25) is 19.3 Å². The lowest BCUT2D eigenvalue weighted by atomic mass is 10.0. The third-order valence-corrected chi connectivity index (χ3v) is 9.10. The van der Waals surface area contributed by atoms with Crippen LogP contribution in [-0.4, -0.2) is 37.7 Å². The van der Waals surface area contributed by atoms with Gasteiger partial charge in [0.1, 0.15) is 29.9 Å². The van der Waals surface area contributed by atoms with Crippen molar-refractivity contribution in [1.29, 1.82) is 5.26 Å². The number of thiophene rings is 1. The number of nitrogens with zero attached hydrogens (tertiary/aromatic N) is 5. The number of aryl methyl sites for hydroxylation is 2. The van der Waals surface area contributed by atoms with Crippen LogP contribution in [-0.2, 0) is 17.5 Å². The van der Waals surface area contributed by atoms with Crippen molar-refractivity contribution in [2.24, 2.45) is 0 Å². The number of alkyl halides is 3. The SMILES string of the molecule is Cc1cc(-c2cc(Cl)ccc2OCCn2c(C)nc3cc(C(F)(F)F)c(Nc4cccnc4)c(C#N)c3c2=O)c2scc(C(=O)OC(C)(C)C)c2n1. The summed E-state index contributed by atoms with van der Waals surface area (Å²) in [6, 6.07) is 12.5. The number of nitriles is 1. The van der Waals surface area contributed by atoms with Crippen molar-refractivity contribution in [3.63, 3.8) is 0 Å². The third kappa shape index (κ3) is 7.28. The number of carbonyl (C=O) groups is 1. The molecule has 0 saturated carbocycles. The molecule has 0 atom stereocenters. The van der Waals surface area contributed by atoms with Gasteiger partial charge in [0.2, 0.25) is 0 Å². The highest BCUT2D eigenvalue weighted by atomic mass is 35.5. The second-order valence-electron chi connectivity index (χ2n) is 12.8. The number of rotatable bonds is 8. The molecule has 0 unspecified atom stereocenters. The first-order valence-electron chi connectivity index (χ1n) is 15.8. The number of esters is 1. The zero-order valence-corrected chi connectivity index (χ0v) is 30.0. The van der Waals surface area contributed by atoms with E-state index in [-0.39, 0.29) is 35.6 Å². The number of pyridine rings is 2. The Balaban J connectivity index is 1.37. The molecule has 0 bridgehead atoms. The summed E-state index contributed by atoms with van der Waals surface area (Å²) in [6.45, 7) is 8.53. The Hall–Kier alpha value is -5.52. The fourth-order valence-corrected chi connectivity index (χ4v) is 6.88. The number of ether oxygens (including phenoxy) is 2. The minimum Gasteiger partial charge on any atom is -0.491 e. The van der Waals surface area contributed by atoms with Crippen LogP contribution in [0.25, 0.3) is 32.2 Å². The van der Waals surface area contributed by atoms with Crippen LogP contribution < -0.4 is 15.6 Å². The van der Waals surface area contributed by atoms with Gasteiger partial charge in [-0.25, -0.2) is 9.78 Å². The van der Waals surface area contributed by atoms with E-state index in [0.717, 1.165) is 6.07 Å². The molecule has 6 aromatic rings. The molecule has 0 aliphatic heterocycles. The zero-order chi connectivity index (χ0) is 37.5. The molecule has 0 aliphatic carbocycles. The van der Waals surface area contributed by atoms with Crippen molar-refractivity contribution >= 4 is 61.4 Å². The van der Waals surface area contributed by atoms with E-state index >= 15 is 0 Å². The maximum atomic E-state index is 14.3. The highest BCUT2D eigenvalue weighted by molar-refractivity contribution is 7.18. The quantitative estimate of drug-likeness (QED) is 0.152. The van der Waals surface area contributed by atoms with Gasteiger partial charge >= 0.3 is 12.1 Å². The second-order valence-corrected chi connectivity index (χ2v) is 14.1. The molecule has 2 aromatic carbocycles. The zero-order valence-electron chi connectivity index (χ0n) is 28.5. The normalized spacial score (nSPS) is 11.8. The number of aromatic nitrogens is 4. The lowest BCUT2D eigenvalue weighted by Gasteiger charge is -2.19. The Bertz CT molecular complexity index is 2470. The standard InChI is InChI=1S/C37H30ClF3N6O4S/c1-19-13-24(33-32(44-19)26(18-52-33)35(49)51-36(3,4)5)23-14-21(38)8-9-29(23)50-12-11-47-20(2)45-28-15-27(37(39,40)41)31(25(16-42)30(28)34(47)48)46-22-7-6-10-43-17-22/h6-10,13-15,17-18,46H,11-12H2,1-5H3. The van der Waals surface area contributed by atoms with Crippen molar-refractivity contribution in [3.05, 3.63) is 104 Å². The average Bonchev–Trinajstić information content (AvgIpc) is 3.49. The molecule has 52 heavy (non-hydrogen) atoms. The van der Waals surface area contributed by atoms with Crippen LogP contribution in [0.15, 0.2) is 65.0 Å². The number of benzene rings is 2. The smallest absolute Gasteiger partial charge is 0.418 e. The van der Waals surface area contributed by atoms with Gasteiger partial charge < -0.3 is 14.8 Å². The third-order valence-electron chi connectivity index (χ3n) is 7.86. The molecule has 6 rings (SSSR count). The van der Waals surface area contributed by atoms with Gasteiger partial charge in [0, 0.05) is 33.4 Å². The number of hydrogen-bond donors (Lipinski definition) is 1. The Morgan fingerprint density at radius 1 is 1.10 bits per heavy atom. The molecule has 15 heteroatoms.